The lowest BCUT2D eigenvalue weighted by Gasteiger charge is -2.14. The highest BCUT2D eigenvalue weighted by atomic mass is 16.5. The van der Waals surface area contributed by atoms with E-state index in [1.54, 1.807) is 38.3 Å². The van der Waals surface area contributed by atoms with Crippen LogP contribution in [0, 0.1) is 0 Å². The van der Waals surface area contributed by atoms with E-state index in [2.05, 4.69) is 20.8 Å². The third-order valence-corrected chi connectivity index (χ3v) is 2.74. The van der Waals surface area contributed by atoms with Crippen molar-refractivity contribution in [2.45, 2.75) is 13.0 Å². The van der Waals surface area contributed by atoms with E-state index in [9.17, 15) is 4.79 Å². The van der Waals surface area contributed by atoms with Crippen molar-refractivity contribution >= 4 is 5.91 Å². The molecule has 0 aliphatic rings. The van der Waals surface area contributed by atoms with Gasteiger partial charge in [-0.15, -0.1) is 5.10 Å². The molecule has 112 valence electrons. The predicted octanol–water partition coefficient (Wildman–Crippen LogP) is 0.192. The minimum absolute atomic E-state index is 0.184. The molecule has 0 aliphatic heterocycles. The van der Waals surface area contributed by atoms with Crippen LogP contribution in [-0.4, -0.2) is 52.5 Å². The lowest BCUT2D eigenvalue weighted by molar-refractivity contribution is -0.127. The zero-order valence-electron chi connectivity index (χ0n) is 11.9. The molecule has 0 aliphatic carbocycles. The Morgan fingerprint density at radius 3 is 2.76 bits per heavy atom. The number of nitrogens with one attached hydrogen (secondary N) is 1. The van der Waals surface area contributed by atoms with E-state index in [0.717, 1.165) is 5.69 Å². The van der Waals surface area contributed by atoms with Crippen molar-refractivity contribution < 1.29 is 14.3 Å². The summed E-state index contributed by atoms with van der Waals surface area (Å²) in [6.45, 7) is 2.62. The Labute approximate surface area is 122 Å². The molecule has 0 fully saturated rings. The number of carbonyl (C=O) groups excluding carboxylic acids is 1. The normalized spacial score (nSPS) is 11.9. The van der Waals surface area contributed by atoms with E-state index < -0.39 is 6.10 Å². The second kappa shape index (κ2) is 7.34. The van der Waals surface area contributed by atoms with Gasteiger partial charge in [-0.1, -0.05) is 0 Å². The zero-order valence-corrected chi connectivity index (χ0v) is 11.9. The summed E-state index contributed by atoms with van der Waals surface area (Å²) >= 11 is 0. The summed E-state index contributed by atoms with van der Waals surface area (Å²) in [5.74, 6) is 0.415. The molecule has 0 unspecified atom stereocenters. The lowest BCUT2D eigenvalue weighted by Crippen LogP contribution is -2.37. The Bertz CT molecular complexity index is 556. The summed E-state index contributed by atoms with van der Waals surface area (Å²) in [5.41, 5.74) is 0.810. The first kappa shape index (κ1) is 14.9. The van der Waals surface area contributed by atoms with Crippen LogP contribution in [0.1, 0.15) is 6.92 Å². The van der Waals surface area contributed by atoms with E-state index >= 15 is 0 Å². The van der Waals surface area contributed by atoms with Crippen LogP contribution in [0.2, 0.25) is 0 Å². The maximum Gasteiger partial charge on any atom is 0.260 e. The molecule has 0 saturated carbocycles. The van der Waals surface area contributed by atoms with E-state index in [-0.39, 0.29) is 5.91 Å². The Morgan fingerprint density at radius 1 is 1.38 bits per heavy atom. The summed E-state index contributed by atoms with van der Waals surface area (Å²) in [6, 6.07) is 7.13. The molecule has 1 aromatic carbocycles. The fraction of sp³-hybridized carbons (Fsp3) is 0.385. The van der Waals surface area contributed by atoms with Gasteiger partial charge in [-0.05, 0) is 41.6 Å². The van der Waals surface area contributed by atoms with Crippen molar-refractivity contribution in [3.8, 4) is 11.4 Å². The smallest absolute Gasteiger partial charge is 0.260 e. The topological polar surface area (TPSA) is 91.2 Å². The lowest BCUT2D eigenvalue weighted by atomic mass is 10.3. The van der Waals surface area contributed by atoms with Crippen LogP contribution in [0.15, 0.2) is 30.6 Å². The summed E-state index contributed by atoms with van der Waals surface area (Å²) in [7, 11) is 1.58. The molecular weight excluding hydrogens is 274 g/mol. The first-order valence-corrected chi connectivity index (χ1v) is 6.47. The van der Waals surface area contributed by atoms with Crippen LogP contribution in [0.5, 0.6) is 5.75 Å². The van der Waals surface area contributed by atoms with Gasteiger partial charge in [-0.2, -0.15) is 0 Å². The number of nitrogens with zero attached hydrogens (tertiary/aromatic N) is 4. The molecule has 0 bridgehead atoms. The fourth-order valence-electron chi connectivity index (χ4n) is 1.63. The standard InChI is InChI=1S/C13H17N5O3/c1-10(13(19)14-7-8-20-2)21-12-5-3-11(4-6-12)18-9-15-16-17-18/h3-6,9-10H,7-8H2,1-2H3,(H,14,19)/t10-/m1/s1. The number of carbonyl (C=O) groups is 1. The largest absolute Gasteiger partial charge is 0.481 e. The number of hydrogen-bond acceptors (Lipinski definition) is 6. The van der Waals surface area contributed by atoms with Gasteiger partial charge < -0.3 is 14.8 Å². The zero-order chi connectivity index (χ0) is 15.1. The van der Waals surface area contributed by atoms with Crippen molar-refractivity contribution in [2.75, 3.05) is 20.3 Å². The maximum atomic E-state index is 11.8. The summed E-state index contributed by atoms with van der Waals surface area (Å²) in [6.07, 6.45) is 0.919. The highest BCUT2D eigenvalue weighted by Gasteiger charge is 2.13. The maximum absolute atomic E-state index is 11.8. The first-order chi connectivity index (χ1) is 10.2. The van der Waals surface area contributed by atoms with Gasteiger partial charge in [0.05, 0.1) is 12.3 Å². The van der Waals surface area contributed by atoms with Crippen molar-refractivity contribution in [1.82, 2.24) is 25.5 Å². The van der Waals surface area contributed by atoms with E-state index in [1.807, 2.05) is 0 Å². The van der Waals surface area contributed by atoms with Crippen LogP contribution in [0.25, 0.3) is 5.69 Å². The Balaban J connectivity index is 1.89. The predicted molar refractivity (Wildman–Crippen MR) is 74.1 cm³/mol. The van der Waals surface area contributed by atoms with E-state index in [1.165, 1.54) is 11.0 Å². The van der Waals surface area contributed by atoms with E-state index in [4.69, 9.17) is 9.47 Å². The average molecular weight is 291 g/mol. The van der Waals surface area contributed by atoms with Crippen molar-refractivity contribution in [3.05, 3.63) is 30.6 Å². The average Bonchev–Trinajstić information content (AvgIpc) is 3.02. The third-order valence-electron chi connectivity index (χ3n) is 2.74. The Kier molecular flexibility index (Phi) is 5.22. The van der Waals surface area contributed by atoms with Crippen molar-refractivity contribution in [2.24, 2.45) is 0 Å². The van der Waals surface area contributed by atoms with Crippen LogP contribution < -0.4 is 10.1 Å². The van der Waals surface area contributed by atoms with Crippen LogP contribution in [0.3, 0.4) is 0 Å². The molecule has 1 atom stereocenters. The van der Waals surface area contributed by atoms with Gasteiger partial charge in [0, 0.05) is 13.7 Å². The summed E-state index contributed by atoms with van der Waals surface area (Å²) in [4.78, 5) is 11.8. The van der Waals surface area contributed by atoms with E-state index in [0.29, 0.717) is 18.9 Å². The van der Waals surface area contributed by atoms with Gasteiger partial charge in [0.2, 0.25) is 0 Å². The van der Waals surface area contributed by atoms with Gasteiger partial charge in [0.25, 0.3) is 5.91 Å². The summed E-state index contributed by atoms with van der Waals surface area (Å²) < 4.78 is 12.0. The molecule has 1 amide bonds. The molecular formula is C13H17N5O3. The molecule has 2 rings (SSSR count). The minimum Gasteiger partial charge on any atom is -0.481 e. The number of hydrogen-bond donors (Lipinski definition) is 1. The van der Waals surface area contributed by atoms with Gasteiger partial charge >= 0.3 is 0 Å². The van der Waals surface area contributed by atoms with Crippen molar-refractivity contribution in [3.63, 3.8) is 0 Å². The van der Waals surface area contributed by atoms with Gasteiger partial charge in [0.1, 0.15) is 12.1 Å². The number of rotatable bonds is 7. The van der Waals surface area contributed by atoms with Gasteiger partial charge in [0.15, 0.2) is 6.10 Å². The number of aromatic nitrogens is 4. The molecule has 1 heterocycles. The molecule has 0 radical (unpaired) electrons. The van der Waals surface area contributed by atoms with Crippen LogP contribution >= 0.6 is 0 Å². The summed E-state index contributed by atoms with van der Waals surface area (Å²) in [5, 5.41) is 13.6. The molecule has 21 heavy (non-hydrogen) atoms. The van der Waals surface area contributed by atoms with Crippen molar-refractivity contribution in [1.29, 1.82) is 0 Å². The second-order valence-electron chi connectivity index (χ2n) is 4.29. The first-order valence-electron chi connectivity index (χ1n) is 6.47. The number of methoxy groups -OCH3 is 1. The molecule has 8 heteroatoms. The highest BCUT2D eigenvalue weighted by molar-refractivity contribution is 5.80. The third kappa shape index (κ3) is 4.25. The minimum atomic E-state index is -0.583. The number of tetrazole rings is 1. The number of amides is 1. The van der Waals surface area contributed by atoms with Crippen LogP contribution in [0.4, 0.5) is 0 Å². The second-order valence-corrected chi connectivity index (χ2v) is 4.29. The number of benzene rings is 1. The molecule has 1 N–H and O–H groups in total. The van der Waals surface area contributed by atoms with Gasteiger partial charge in [-0.25, -0.2) is 4.68 Å². The fourth-order valence-corrected chi connectivity index (χ4v) is 1.63. The van der Waals surface area contributed by atoms with Gasteiger partial charge in [-0.3, -0.25) is 4.79 Å². The Hall–Kier alpha value is -2.48. The Morgan fingerprint density at radius 2 is 2.14 bits per heavy atom. The molecule has 0 saturated heterocycles. The molecule has 0 spiro atoms. The quantitative estimate of drug-likeness (QED) is 0.732. The monoisotopic (exact) mass is 291 g/mol. The molecule has 1 aromatic heterocycles. The van der Waals surface area contributed by atoms with Crippen LogP contribution in [-0.2, 0) is 9.53 Å². The SMILES string of the molecule is COCCNC(=O)[C@@H](C)Oc1ccc(-n2cnnn2)cc1. The molecule has 2 aromatic rings. The molecule has 8 nitrogen and oxygen atoms in total. The highest BCUT2D eigenvalue weighted by Crippen LogP contribution is 2.15. The number of ether oxygens (including phenoxy) is 2.